The molecule has 0 saturated heterocycles. The molecule has 86 valence electrons. The monoisotopic (exact) mass is 228 g/mol. The summed E-state index contributed by atoms with van der Waals surface area (Å²) in [6.07, 6.45) is 1.70. The highest BCUT2D eigenvalue weighted by molar-refractivity contribution is 5.86. The maximum atomic E-state index is 13.5. The van der Waals surface area contributed by atoms with Crippen LogP contribution in [0.25, 0.3) is 16.6 Å². The van der Waals surface area contributed by atoms with Gasteiger partial charge >= 0.3 is 0 Å². The molecule has 17 heavy (non-hydrogen) atoms. The van der Waals surface area contributed by atoms with Crippen molar-refractivity contribution in [2.75, 3.05) is 0 Å². The molecule has 0 fully saturated rings. The van der Waals surface area contributed by atoms with E-state index in [1.165, 1.54) is 6.07 Å². The van der Waals surface area contributed by atoms with Crippen molar-refractivity contribution in [3.8, 4) is 0 Å². The van der Waals surface area contributed by atoms with Crippen molar-refractivity contribution in [3.05, 3.63) is 54.0 Å². The first-order valence-corrected chi connectivity index (χ1v) is 5.25. The Morgan fingerprint density at radius 3 is 2.82 bits per heavy atom. The van der Waals surface area contributed by atoms with Gasteiger partial charge < -0.3 is 4.98 Å². The lowest BCUT2D eigenvalue weighted by molar-refractivity contribution is 0.640. The zero-order chi connectivity index (χ0) is 12.4. The SMILES string of the molecule is C=C/C(C)=C(\N=C)c1cc2c(F)cccc2[nH]1. The quantitative estimate of drug-likeness (QED) is 0.609. The Kier molecular flexibility index (Phi) is 2.91. The Labute approximate surface area is 99.2 Å². The zero-order valence-electron chi connectivity index (χ0n) is 9.63. The van der Waals surface area contributed by atoms with Gasteiger partial charge in [0.2, 0.25) is 0 Å². The van der Waals surface area contributed by atoms with E-state index in [0.717, 1.165) is 16.8 Å². The summed E-state index contributed by atoms with van der Waals surface area (Å²) in [6, 6.07) is 6.67. The number of H-pyrrole nitrogens is 1. The van der Waals surface area contributed by atoms with Gasteiger partial charge in [0.15, 0.2) is 0 Å². The Bertz CT molecular complexity index is 620. The van der Waals surface area contributed by atoms with Crippen molar-refractivity contribution in [1.82, 2.24) is 4.98 Å². The number of hydrogen-bond acceptors (Lipinski definition) is 1. The number of aromatic amines is 1. The molecule has 0 bridgehead atoms. The number of fused-ring (bicyclic) bond motifs is 1. The number of rotatable bonds is 3. The van der Waals surface area contributed by atoms with Gasteiger partial charge in [0, 0.05) is 10.9 Å². The lowest BCUT2D eigenvalue weighted by Gasteiger charge is -2.00. The Morgan fingerprint density at radius 1 is 1.47 bits per heavy atom. The van der Waals surface area contributed by atoms with E-state index < -0.39 is 0 Å². The normalized spacial score (nSPS) is 12.4. The molecule has 0 spiro atoms. The summed E-state index contributed by atoms with van der Waals surface area (Å²) < 4.78 is 13.5. The van der Waals surface area contributed by atoms with Gasteiger partial charge in [0.25, 0.3) is 0 Å². The molecular weight excluding hydrogens is 215 g/mol. The number of benzene rings is 1. The van der Waals surface area contributed by atoms with Gasteiger partial charge in [0.05, 0.1) is 11.4 Å². The fourth-order valence-electron chi connectivity index (χ4n) is 1.76. The molecular formula is C14H13FN2. The molecule has 0 unspecified atom stereocenters. The molecule has 1 heterocycles. The first-order valence-electron chi connectivity index (χ1n) is 5.25. The van der Waals surface area contributed by atoms with Gasteiger partial charge in [-0.25, -0.2) is 4.39 Å². The van der Waals surface area contributed by atoms with Gasteiger partial charge in [-0.2, -0.15) is 0 Å². The Morgan fingerprint density at radius 2 is 2.24 bits per heavy atom. The third-order valence-corrected chi connectivity index (χ3v) is 2.70. The minimum Gasteiger partial charge on any atom is -0.353 e. The van der Waals surface area contributed by atoms with Crippen LogP contribution in [0.15, 0.2) is 47.5 Å². The minimum atomic E-state index is -0.246. The Hall–Kier alpha value is -2.16. The number of halogens is 1. The van der Waals surface area contributed by atoms with E-state index in [-0.39, 0.29) is 5.82 Å². The fraction of sp³-hybridized carbons (Fsp3) is 0.0714. The molecule has 3 heteroatoms. The minimum absolute atomic E-state index is 0.246. The fourth-order valence-corrected chi connectivity index (χ4v) is 1.76. The van der Waals surface area contributed by atoms with Gasteiger partial charge in [-0.1, -0.05) is 18.7 Å². The lowest BCUT2D eigenvalue weighted by Crippen LogP contribution is -1.83. The highest BCUT2D eigenvalue weighted by atomic mass is 19.1. The Balaban J connectivity index is 2.68. The summed E-state index contributed by atoms with van der Waals surface area (Å²) in [7, 11) is 0. The summed E-state index contributed by atoms with van der Waals surface area (Å²) in [4.78, 5) is 7.08. The largest absolute Gasteiger partial charge is 0.353 e. The first kappa shape index (κ1) is 11.3. The van der Waals surface area contributed by atoms with E-state index in [1.807, 2.05) is 13.0 Å². The van der Waals surface area contributed by atoms with E-state index in [0.29, 0.717) is 11.1 Å². The summed E-state index contributed by atoms with van der Waals surface area (Å²) in [5.41, 5.74) is 3.08. The van der Waals surface area contributed by atoms with Crippen LogP contribution in [0.4, 0.5) is 4.39 Å². The zero-order valence-corrected chi connectivity index (χ0v) is 9.63. The van der Waals surface area contributed by atoms with E-state index in [2.05, 4.69) is 23.3 Å². The lowest BCUT2D eigenvalue weighted by atomic mass is 10.1. The molecule has 1 aromatic heterocycles. The second-order valence-electron chi connectivity index (χ2n) is 3.78. The maximum Gasteiger partial charge on any atom is 0.132 e. The van der Waals surface area contributed by atoms with Crippen molar-refractivity contribution < 1.29 is 4.39 Å². The van der Waals surface area contributed by atoms with E-state index in [9.17, 15) is 4.39 Å². The third kappa shape index (κ3) is 1.91. The van der Waals surface area contributed by atoms with Crippen LogP contribution in [-0.4, -0.2) is 11.7 Å². The third-order valence-electron chi connectivity index (χ3n) is 2.70. The van der Waals surface area contributed by atoms with E-state index >= 15 is 0 Å². The molecule has 2 aromatic rings. The number of hydrogen-bond donors (Lipinski definition) is 1. The molecule has 2 nitrogen and oxygen atoms in total. The number of nitrogens with one attached hydrogen (secondary N) is 1. The van der Waals surface area contributed by atoms with E-state index in [4.69, 9.17) is 0 Å². The second kappa shape index (κ2) is 4.37. The van der Waals surface area contributed by atoms with Crippen LogP contribution in [0.2, 0.25) is 0 Å². The van der Waals surface area contributed by atoms with Crippen molar-refractivity contribution in [3.63, 3.8) is 0 Å². The molecule has 0 atom stereocenters. The molecule has 0 saturated carbocycles. The molecule has 1 aromatic carbocycles. The predicted octanol–water partition coefficient (Wildman–Crippen LogP) is 3.92. The van der Waals surface area contributed by atoms with Crippen LogP contribution in [0.1, 0.15) is 12.6 Å². The van der Waals surface area contributed by atoms with E-state index in [1.54, 1.807) is 18.2 Å². The number of nitrogens with zero attached hydrogens (tertiary/aromatic N) is 1. The molecule has 2 rings (SSSR count). The van der Waals surface area contributed by atoms with Gasteiger partial charge in [0.1, 0.15) is 5.82 Å². The number of aliphatic imine (C=N–C) groups is 1. The van der Waals surface area contributed by atoms with Gasteiger partial charge in [-0.3, -0.25) is 4.99 Å². The van der Waals surface area contributed by atoms with Gasteiger partial charge in [-0.05, 0) is 37.4 Å². The van der Waals surface area contributed by atoms with Crippen molar-refractivity contribution in [2.24, 2.45) is 4.99 Å². The summed E-state index contributed by atoms with van der Waals surface area (Å²) >= 11 is 0. The number of allylic oxidation sites excluding steroid dienone is 2. The van der Waals surface area contributed by atoms with Crippen LogP contribution in [0.5, 0.6) is 0 Å². The van der Waals surface area contributed by atoms with Crippen molar-refractivity contribution in [1.29, 1.82) is 0 Å². The molecule has 0 aliphatic heterocycles. The van der Waals surface area contributed by atoms with Gasteiger partial charge in [-0.15, -0.1) is 0 Å². The van der Waals surface area contributed by atoms with Crippen LogP contribution >= 0.6 is 0 Å². The summed E-state index contributed by atoms with van der Waals surface area (Å²) in [6.45, 7) is 9.11. The molecule has 0 aliphatic rings. The van der Waals surface area contributed by atoms with Crippen LogP contribution in [-0.2, 0) is 0 Å². The van der Waals surface area contributed by atoms with Crippen molar-refractivity contribution >= 4 is 23.3 Å². The summed E-state index contributed by atoms with van der Waals surface area (Å²) in [5, 5.41) is 0.556. The highest BCUT2D eigenvalue weighted by Crippen LogP contribution is 2.25. The van der Waals surface area contributed by atoms with Crippen LogP contribution in [0, 0.1) is 5.82 Å². The predicted molar refractivity (Wildman–Crippen MR) is 70.6 cm³/mol. The van der Waals surface area contributed by atoms with Crippen molar-refractivity contribution in [2.45, 2.75) is 6.92 Å². The van der Waals surface area contributed by atoms with Crippen LogP contribution < -0.4 is 0 Å². The maximum absolute atomic E-state index is 13.5. The first-order chi connectivity index (χ1) is 8.17. The average Bonchev–Trinajstić information content (AvgIpc) is 2.75. The smallest absolute Gasteiger partial charge is 0.132 e. The molecule has 1 N–H and O–H groups in total. The number of aromatic nitrogens is 1. The molecule has 0 aliphatic carbocycles. The molecule has 0 radical (unpaired) electrons. The average molecular weight is 228 g/mol. The topological polar surface area (TPSA) is 28.1 Å². The second-order valence-corrected chi connectivity index (χ2v) is 3.78. The standard InChI is InChI=1S/C14H13FN2/c1-4-9(2)14(16-3)13-8-10-11(15)6-5-7-12(10)17-13/h4-8,17H,1,3H2,2H3/b14-9-. The van der Waals surface area contributed by atoms with Crippen LogP contribution in [0.3, 0.4) is 0 Å². The summed E-state index contributed by atoms with van der Waals surface area (Å²) in [5.74, 6) is -0.246. The molecule has 0 amide bonds. The highest BCUT2D eigenvalue weighted by Gasteiger charge is 2.09.